The number of thioether (sulfide) groups is 1. The van der Waals surface area contributed by atoms with E-state index in [1.807, 2.05) is 19.4 Å². The summed E-state index contributed by atoms with van der Waals surface area (Å²) < 4.78 is 2.08. The van der Waals surface area contributed by atoms with Crippen molar-refractivity contribution in [1.29, 1.82) is 0 Å². The van der Waals surface area contributed by atoms with Gasteiger partial charge in [-0.15, -0.1) is 0 Å². The Balaban J connectivity index is 1.84. The van der Waals surface area contributed by atoms with Crippen molar-refractivity contribution >= 4 is 11.8 Å². The standard InChI is InChI=1S/C12H22N4S/c1-16-8-7-14-12(16)6-5-10(15-13)11-4-2-3-9-17-11/h7-8,10-11,15H,2-6,9,13H2,1H3. The van der Waals surface area contributed by atoms with Crippen molar-refractivity contribution in [3.8, 4) is 0 Å². The third-order valence-corrected chi connectivity index (χ3v) is 4.99. The van der Waals surface area contributed by atoms with Crippen molar-refractivity contribution in [1.82, 2.24) is 15.0 Å². The van der Waals surface area contributed by atoms with Gasteiger partial charge in [0.2, 0.25) is 0 Å². The summed E-state index contributed by atoms with van der Waals surface area (Å²) in [6.07, 6.45) is 9.91. The SMILES string of the molecule is Cn1ccnc1CCC(NN)C1CCCCS1. The third-order valence-electron chi connectivity index (χ3n) is 3.48. The van der Waals surface area contributed by atoms with Crippen molar-refractivity contribution in [2.75, 3.05) is 5.75 Å². The second-order valence-corrected chi connectivity index (χ2v) is 6.02. The number of hydrogen-bond donors (Lipinski definition) is 2. The molecule has 0 spiro atoms. The number of hydrazine groups is 1. The Bertz CT molecular complexity index is 333. The van der Waals surface area contributed by atoms with Crippen molar-refractivity contribution in [3.63, 3.8) is 0 Å². The van der Waals surface area contributed by atoms with Gasteiger partial charge in [-0.3, -0.25) is 11.3 Å². The number of aryl methyl sites for hydroxylation is 2. The predicted octanol–water partition coefficient (Wildman–Crippen LogP) is 1.47. The fourth-order valence-electron chi connectivity index (χ4n) is 2.38. The smallest absolute Gasteiger partial charge is 0.108 e. The first-order chi connectivity index (χ1) is 8.31. The van der Waals surface area contributed by atoms with Gasteiger partial charge in [0.15, 0.2) is 0 Å². The molecule has 2 rings (SSSR count). The molecule has 5 heteroatoms. The molecule has 2 atom stereocenters. The molecule has 0 radical (unpaired) electrons. The molecule has 0 aliphatic carbocycles. The minimum atomic E-state index is 0.414. The van der Waals surface area contributed by atoms with Crippen LogP contribution < -0.4 is 11.3 Å². The zero-order valence-electron chi connectivity index (χ0n) is 10.4. The number of nitrogens with zero attached hydrogens (tertiary/aromatic N) is 2. The maximum Gasteiger partial charge on any atom is 0.108 e. The molecule has 2 unspecified atom stereocenters. The second kappa shape index (κ2) is 6.42. The first kappa shape index (κ1) is 12.9. The van der Waals surface area contributed by atoms with Gasteiger partial charge in [-0.05, 0) is 25.0 Å². The van der Waals surface area contributed by atoms with E-state index in [1.54, 1.807) is 0 Å². The topological polar surface area (TPSA) is 55.9 Å². The third kappa shape index (κ3) is 3.47. The van der Waals surface area contributed by atoms with Crippen LogP contribution in [-0.2, 0) is 13.5 Å². The van der Waals surface area contributed by atoms with E-state index in [0.29, 0.717) is 11.3 Å². The van der Waals surface area contributed by atoms with Gasteiger partial charge >= 0.3 is 0 Å². The lowest BCUT2D eigenvalue weighted by Gasteiger charge is -2.29. The molecule has 0 aromatic carbocycles. The van der Waals surface area contributed by atoms with Gasteiger partial charge in [0.05, 0.1) is 0 Å². The van der Waals surface area contributed by atoms with E-state index >= 15 is 0 Å². The summed E-state index contributed by atoms with van der Waals surface area (Å²) in [5.74, 6) is 8.12. The van der Waals surface area contributed by atoms with Crippen LogP contribution in [0.5, 0.6) is 0 Å². The maximum absolute atomic E-state index is 5.69. The van der Waals surface area contributed by atoms with Crippen molar-refractivity contribution < 1.29 is 0 Å². The molecule has 1 aromatic heterocycles. The van der Waals surface area contributed by atoms with E-state index in [2.05, 4.69) is 26.7 Å². The summed E-state index contributed by atoms with van der Waals surface area (Å²) in [6.45, 7) is 0. The minimum absolute atomic E-state index is 0.414. The van der Waals surface area contributed by atoms with Gasteiger partial charge in [0, 0.05) is 37.2 Å². The molecule has 1 saturated heterocycles. The van der Waals surface area contributed by atoms with Gasteiger partial charge in [0.1, 0.15) is 5.82 Å². The van der Waals surface area contributed by atoms with Gasteiger partial charge < -0.3 is 4.57 Å². The molecule has 1 aromatic rings. The van der Waals surface area contributed by atoms with Crippen molar-refractivity contribution in [2.24, 2.45) is 12.9 Å². The van der Waals surface area contributed by atoms with Crippen LogP contribution in [0.15, 0.2) is 12.4 Å². The number of hydrogen-bond acceptors (Lipinski definition) is 4. The molecule has 2 heterocycles. The zero-order chi connectivity index (χ0) is 12.1. The summed E-state index contributed by atoms with van der Waals surface area (Å²) in [5.41, 5.74) is 3.00. The van der Waals surface area contributed by atoms with Crippen LogP contribution in [0.25, 0.3) is 0 Å². The zero-order valence-corrected chi connectivity index (χ0v) is 11.2. The van der Waals surface area contributed by atoms with Gasteiger partial charge in [-0.25, -0.2) is 4.98 Å². The fourth-order valence-corrected chi connectivity index (χ4v) is 3.84. The number of rotatable bonds is 5. The van der Waals surface area contributed by atoms with Crippen LogP contribution >= 0.6 is 11.8 Å². The number of nitrogens with one attached hydrogen (secondary N) is 1. The van der Waals surface area contributed by atoms with Crippen LogP contribution in [-0.4, -0.2) is 26.6 Å². The lowest BCUT2D eigenvalue weighted by molar-refractivity contribution is 0.444. The molecule has 0 amide bonds. The van der Waals surface area contributed by atoms with Gasteiger partial charge in [-0.2, -0.15) is 11.8 Å². The highest BCUT2D eigenvalue weighted by atomic mass is 32.2. The Morgan fingerprint density at radius 1 is 1.65 bits per heavy atom. The van der Waals surface area contributed by atoms with Crippen LogP contribution in [0.3, 0.4) is 0 Å². The van der Waals surface area contributed by atoms with E-state index in [0.717, 1.165) is 18.7 Å². The normalized spacial score (nSPS) is 22.6. The predicted molar refractivity (Wildman–Crippen MR) is 72.7 cm³/mol. The molecular weight excluding hydrogens is 232 g/mol. The van der Waals surface area contributed by atoms with Crippen LogP contribution in [0.2, 0.25) is 0 Å². The van der Waals surface area contributed by atoms with E-state index in [1.165, 1.54) is 25.0 Å². The Hall–Kier alpha value is -0.520. The molecular formula is C12H22N4S. The number of nitrogens with two attached hydrogens (primary N) is 1. The average molecular weight is 254 g/mol. The lowest BCUT2D eigenvalue weighted by Crippen LogP contribution is -2.43. The Labute approximate surface area is 107 Å². The molecule has 1 fully saturated rings. The first-order valence-corrected chi connectivity index (χ1v) is 7.40. The summed E-state index contributed by atoms with van der Waals surface area (Å²) in [7, 11) is 2.04. The van der Waals surface area contributed by atoms with E-state index in [4.69, 9.17) is 5.84 Å². The van der Waals surface area contributed by atoms with Gasteiger partial charge in [-0.1, -0.05) is 6.42 Å². The summed E-state index contributed by atoms with van der Waals surface area (Å²) in [6, 6.07) is 0.414. The minimum Gasteiger partial charge on any atom is -0.338 e. The van der Waals surface area contributed by atoms with Crippen LogP contribution in [0.1, 0.15) is 31.5 Å². The quantitative estimate of drug-likeness (QED) is 0.617. The highest BCUT2D eigenvalue weighted by molar-refractivity contribution is 8.00. The molecule has 0 saturated carbocycles. The Kier molecular flexibility index (Phi) is 4.88. The first-order valence-electron chi connectivity index (χ1n) is 6.35. The lowest BCUT2D eigenvalue weighted by atomic mass is 10.0. The summed E-state index contributed by atoms with van der Waals surface area (Å²) in [4.78, 5) is 4.35. The average Bonchev–Trinajstić information content (AvgIpc) is 2.77. The van der Waals surface area contributed by atoms with Crippen molar-refractivity contribution in [3.05, 3.63) is 18.2 Å². The second-order valence-electron chi connectivity index (χ2n) is 4.67. The monoisotopic (exact) mass is 254 g/mol. The highest BCUT2D eigenvalue weighted by Gasteiger charge is 2.23. The molecule has 0 bridgehead atoms. The van der Waals surface area contributed by atoms with Crippen molar-refractivity contribution in [2.45, 2.75) is 43.4 Å². The molecule has 96 valence electrons. The summed E-state index contributed by atoms with van der Waals surface area (Å²) in [5, 5.41) is 0.675. The fraction of sp³-hybridized carbons (Fsp3) is 0.750. The van der Waals surface area contributed by atoms with E-state index < -0.39 is 0 Å². The van der Waals surface area contributed by atoms with E-state index in [9.17, 15) is 0 Å². The largest absolute Gasteiger partial charge is 0.338 e. The van der Waals surface area contributed by atoms with E-state index in [-0.39, 0.29) is 0 Å². The Morgan fingerprint density at radius 2 is 2.53 bits per heavy atom. The highest BCUT2D eigenvalue weighted by Crippen LogP contribution is 2.28. The molecule has 4 nitrogen and oxygen atoms in total. The summed E-state index contributed by atoms with van der Waals surface area (Å²) >= 11 is 2.07. The van der Waals surface area contributed by atoms with Gasteiger partial charge in [0.25, 0.3) is 0 Å². The molecule has 17 heavy (non-hydrogen) atoms. The number of aromatic nitrogens is 2. The van der Waals surface area contributed by atoms with Crippen LogP contribution in [0.4, 0.5) is 0 Å². The maximum atomic E-state index is 5.69. The molecule has 3 N–H and O–H groups in total. The molecule has 1 aliphatic heterocycles. The number of imidazole rings is 1. The Morgan fingerprint density at radius 3 is 3.12 bits per heavy atom. The van der Waals surface area contributed by atoms with Crippen LogP contribution in [0, 0.1) is 0 Å². The molecule has 1 aliphatic rings.